The Morgan fingerprint density at radius 1 is 0.956 bits per heavy atom. The van der Waals surface area contributed by atoms with Gasteiger partial charge in [0.05, 0.1) is 23.7 Å². The minimum atomic E-state index is -0.972. The molecule has 1 amide bonds. The molecule has 8 nitrogen and oxygen atoms in total. The summed E-state index contributed by atoms with van der Waals surface area (Å²) in [6.45, 7) is 4.99. The van der Waals surface area contributed by atoms with E-state index in [4.69, 9.17) is 26.8 Å². The maximum absolute atomic E-state index is 13.4. The topological polar surface area (TPSA) is 99.5 Å². The van der Waals surface area contributed by atoms with Crippen LogP contribution in [0.3, 0.4) is 0 Å². The van der Waals surface area contributed by atoms with Crippen LogP contribution in [0.25, 0.3) is 28.0 Å². The van der Waals surface area contributed by atoms with Gasteiger partial charge in [-0.15, -0.1) is 0 Å². The molecule has 0 atom stereocenters. The zero-order valence-electron chi connectivity index (χ0n) is 24.5. The van der Waals surface area contributed by atoms with Crippen LogP contribution in [0.1, 0.15) is 21.5 Å². The van der Waals surface area contributed by atoms with Crippen LogP contribution in [-0.2, 0) is 16.0 Å². The van der Waals surface area contributed by atoms with Gasteiger partial charge in [-0.3, -0.25) is 14.6 Å². The van der Waals surface area contributed by atoms with Crippen LogP contribution in [-0.4, -0.2) is 82.2 Å². The molecule has 2 N–H and O–H groups in total. The van der Waals surface area contributed by atoms with Crippen molar-refractivity contribution >= 4 is 57.0 Å². The molecule has 0 spiro atoms. The highest BCUT2D eigenvalue weighted by atomic mass is 32.2. The van der Waals surface area contributed by atoms with Crippen LogP contribution in [0.2, 0.25) is 0 Å². The summed E-state index contributed by atoms with van der Waals surface area (Å²) in [7, 11) is 0. The number of aromatic carboxylic acids is 1. The highest BCUT2D eigenvalue weighted by Gasteiger charge is 2.31. The summed E-state index contributed by atoms with van der Waals surface area (Å²) in [4.78, 5) is 29.0. The Labute approximate surface area is 270 Å². The molecule has 0 aliphatic carbocycles. The highest BCUT2D eigenvalue weighted by molar-refractivity contribution is 8.26. The number of fused-ring (bicyclic) bond motifs is 1. The molecule has 2 aliphatic rings. The molecule has 10 heteroatoms. The fourth-order valence-electron chi connectivity index (χ4n) is 5.40. The van der Waals surface area contributed by atoms with E-state index in [0.29, 0.717) is 28.8 Å². The Balaban J connectivity index is 1.22. The number of ether oxygens (including phenoxy) is 2. The number of thiocarbonyl (C=S) groups is 1. The second-order valence-corrected chi connectivity index (χ2v) is 12.6. The molecule has 230 valence electrons. The number of benzene rings is 4. The van der Waals surface area contributed by atoms with E-state index in [1.807, 2.05) is 42.5 Å². The number of amides is 1. The summed E-state index contributed by atoms with van der Waals surface area (Å²) in [6, 6.07) is 24.0. The minimum absolute atomic E-state index is 0.148. The second kappa shape index (κ2) is 13.8. The number of carboxylic acid groups (broad SMARTS) is 1. The van der Waals surface area contributed by atoms with E-state index < -0.39 is 5.97 Å². The van der Waals surface area contributed by atoms with Crippen molar-refractivity contribution in [3.05, 3.63) is 100 Å². The highest BCUT2D eigenvalue weighted by Crippen LogP contribution is 2.37. The SMILES string of the molecule is O=C(O)c1ccc(CCN2C(=O)/C(=C/c3ccc(OCCN4CCOCC4)c(-c4ccc5cc(O)ccc5c4)c3)SC2=S)cc1. The fraction of sp³-hybridized carbons (Fsp3) is 0.229. The van der Waals surface area contributed by atoms with Gasteiger partial charge in [-0.1, -0.05) is 60.4 Å². The maximum Gasteiger partial charge on any atom is 0.335 e. The molecule has 4 aromatic carbocycles. The molecule has 2 fully saturated rings. The van der Waals surface area contributed by atoms with Crippen molar-refractivity contribution in [2.75, 3.05) is 46.0 Å². The molecule has 0 radical (unpaired) electrons. The summed E-state index contributed by atoms with van der Waals surface area (Å²) >= 11 is 6.84. The van der Waals surface area contributed by atoms with E-state index in [0.717, 1.165) is 71.6 Å². The first-order valence-electron chi connectivity index (χ1n) is 14.7. The number of hydrogen-bond acceptors (Lipinski definition) is 8. The number of carbonyl (C=O) groups is 2. The summed E-state index contributed by atoms with van der Waals surface area (Å²) in [6.07, 6.45) is 2.42. The zero-order chi connectivity index (χ0) is 31.3. The average molecular weight is 641 g/mol. The smallest absolute Gasteiger partial charge is 0.335 e. The third kappa shape index (κ3) is 7.37. The predicted octanol–water partition coefficient (Wildman–Crippen LogP) is 6.07. The lowest BCUT2D eigenvalue weighted by Gasteiger charge is -2.26. The number of phenols is 1. The number of rotatable bonds is 10. The first-order valence-corrected chi connectivity index (χ1v) is 15.9. The first-order chi connectivity index (χ1) is 21.8. The molecule has 45 heavy (non-hydrogen) atoms. The predicted molar refractivity (Wildman–Crippen MR) is 181 cm³/mol. The van der Waals surface area contributed by atoms with Gasteiger partial charge in [-0.2, -0.15) is 0 Å². The quantitative estimate of drug-likeness (QED) is 0.158. The van der Waals surface area contributed by atoms with Gasteiger partial charge in [-0.25, -0.2) is 4.79 Å². The molecule has 6 rings (SSSR count). The third-order valence-corrected chi connectivity index (χ3v) is 9.28. The summed E-state index contributed by atoms with van der Waals surface area (Å²) in [5.74, 6) is -0.150. The van der Waals surface area contributed by atoms with Gasteiger partial charge in [0, 0.05) is 31.7 Å². The molecule has 0 bridgehead atoms. The van der Waals surface area contributed by atoms with E-state index in [-0.39, 0.29) is 17.2 Å². The Morgan fingerprint density at radius 2 is 1.71 bits per heavy atom. The minimum Gasteiger partial charge on any atom is -0.508 e. The number of carbonyl (C=O) groups excluding carboxylic acids is 1. The van der Waals surface area contributed by atoms with Crippen molar-refractivity contribution in [2.45, 2.75) is 6.42 Å². The van der Waals surface area contributed by atoms with Gasteiger partial charge in [-0.05, 0) is 82.4 Å². The lowest BCUT2D eigenvalue weighted by Crippen LogP contribution is -2.38. The monoisotopic (exact) mass is 640 g/mol. The number of nitrogens with zero attached hydrogens (tertiary/aromatic N) is 2. The van der Waals surface area contributed by atoms with E-state index in [1.54, 1.807) is 41.3 Å². The van der Waals surface area contributed by atoms with Gasteiger partial charge >= 0.3 is 5.97 Å². The lowest BCUT2D eigenvalue weighted by atomic mass is 9.98. The standard InChI is InChI=1S/C35H32N2O6S2/c38-29-9-8-26-21-28(7-6-27(26)22-29)30-19-24(3-10-31(30)43-18-15-36-13-16-42-17-14-36)20-32-33(39)37(35(44)45-32)12-11-23-1-4-25(5-2-23)34(40)41/h1-10,19-22,38H,11-18H2,(H,40,41)/b32-20-. The van der Waals surface area contributed by atoms with Crippen LogP contribution >= 0.6 is 24.0 Å². The molecule has 0 saturated carbocycles. The number of phenolic OH excluding ortho intramolecular Hbond substituents is 1. The maximum atomic E-state index is 13.4. The van der Waals surface area contributed by atoms with Gasteiger partial charge in [0.2, 0.25) is 0 Å². The summed E-state index contributed by atoms with van der Waals surface area (Å²) in [5, 5.41) is 21.0. The van der Waals surface area contributed by atoms with Crippen molar-refractivity contribution in [1.29, 1.82) is 0 Å². The van der Waals surface area contributed by atoms with Crippen LogP contribution in [0.4, 0.5) is 0 Å². The van der Waals surface area contributed by atoms with Crippen molar-refractivity contribution in [3.8, 4) is 22.6 Å². The van der Waals surface area contributed by atoms with Gasteiger partial charge in [0.15, 0.2) is 0 Å². The molecule has 0 unspecified atom stereocenters. The molecular weight excluding hydrogens is 609 g/mol. The van der Waals surface area contributed by atoms with E-state index in [9.17, 15) is 14.7 Å². The second-order valence-electron chi connectivity index (χ2n) is 10.9. The fourth-order valence-corrected chi connectivity index (χ4v) is 6.71. The average Bonchev–Trinajstić information content (AvgIpc) is 3.31. The molecule has 2 heterocycles. The normalized spacial score (nSPS) is 16.5. The van der Waals surface area contributed by atoms with E-state index >= 15 is 0 Å². The van der Waals surface area contributed by atoms with Crippen LogP contribution in [0, 0.1) is 0 Å². The van der Waals surface area contributed by atoms with E-state index in [1.165, 1.54) is 11.8 Å². The van der Waals surface area contributed by atoms with Crippen LogP contribution < -0.4 is 4.74 Å². The van der Waals surface area contributed by atoms with Gasteiger partial charge < -0.3 is 19.7 Å². The number of thioether (sulfide) groups is 1. The molecule has 2 aliphatic heterocycles. The number of carboxylic acids is 1. The number of aromatic hydroxyl groups is 1. The van der Waals surface area contributed by atoms with Gasteiger partial charge in [0.1, 0.15) is 22.4 Å². The molecule has 0 aromatic heterocycles. The summed E-state index contributed by atoms with van der Waals surface area (Å²) in [5.41, 5.74) is 3.87. The Morgan fingerprint density at radius 3 is 2.49 bits per heavy atom. The Kier molecular flexibility index (Phi) is 9.46. The van der Waals surface area contributed by atoms with Crippen LogP contribution in [0.5, 0.6) is 11.5 Å². The van der Waals surface area contributed by atoms with Gasteiger partial charge in [0.25, 0.3) is 5.91 Å². The third-order valence-electron chi connectivity index (χ3n) is 7.90. The van der Waals surface area contributed by atoms with Crippen molar-refractivity contribution < 1.29 is 29.3 Å². The zero-order valence-corrected chi connectivity index (χ0v) is 26.1. The van der Waals surface area contributed by atoms with Crippen molar-refractivity contribution in [2.24, 2.45) is 0 Å². The molecule has 2 saturated heterocycles. The number of morpholine rings is 1. The molecule has 4 aromatic rings. The van der Waals surface area contributed by atoms with Crippen LogP contribution in [0.15, 0.2) is 83.8 Å². The Hall–Kier alpha value is -4.22. The van der Waals surface area contributed by atoms with E-state index in [2.05, 4.69) is 11.0 Å². The lowest BCUT2D eigenvalue weighted by molar-refractivity contribution is -0.122. The number of hydrogen-bond donors (Lipinski definition) is 2. The first kappa shape index (κ1) is 30.8. The summed E-state index contributed by atoms with van der Waals surface area (Å²) < 4.78 is 12.3. The molecular formula is C35H32N2O6S2. The Bertz CT molecular complexity index is 1780. The van der Waals surface area contributed by atoms with Crippen molar-refractivity contribution in [1.82, 2.24) is 9.80 Å². The van der Waals surface area contributed by atoms with Crippen molar-refractivity contribution in [3.63, 3.8) is 0 Å². The largest absolute Gasteiger partial charge is 0.508 e.